The topological polar surface area (TPSA) is 97.1 Å². The minimum Gasteiger partial charge on any atom is -0.349 e. The Morgan fingerprint density at radius 3 is 2.55 bits per heavy atom. The van der Waals surface area contributed by atoms with Crippen LogP contribution in [0.4, 0.5) is 5.69 Å². The van der Waals surface area contributed by atoms with Crippen molar-refractivity contribution in [2.75, 3.05) is 11.9 Å². The van der Waals surface area contributed by atoms with E-state index in [0.717, 1.165) is 24.1 Å². The molecule has 0 bridgehead atoms. The van der Waals surface area contributed by atoms with Crippen molar-refractivity contribution in [2.45, 2.75) is 18.8 Å². The predicted molar refractivity (Wildman–Crippen MR) is 126 cm³/mol. The van der Waals surface area contributed by atoms with E-state index in [1.165, 1.54) is 0 Å². The van der Waals surface area contributed by atoms with Gasteiger partial charge in [0.15, 0.2) is 0 Å². The summed E-state index contributed by atoms with van der Waals surface area (Å²) < 4.78 is 5.55. The quantitative estimate of drug-likeness (QED) is 0.399. The van der Waals surface area contributed by atoms with Crippen molar-refractivity contribution in [3.63, 3.8) is 0 Å². The molecule has 4 aromatic rings. The zero-order valence-electron chi connectivity index (χ0n) is 17.9. The number of para-hydroxylation sites is 1. The van der Waals surface area contributed by atoms with E-state index in [4.69, 9.17) is 4.52 Å². The van der Waals surface area contributed by atoms with Gasteiger partial charge in [-0.2, -0.15) is 0 Å². The lowest BCUT2D eigenvalue weighted by molar-refractivity contribution is 0.0959. The molecule has 7 heteroatoms. The summed E-state index contributed by atoms with van der Waals surface area (Å²) in [6, 6.07) is 18.2. The Hall–Kier alpha value is -4.26. The third kappa shape index (κ3) is 4.13. The highest BCUT2D eigenvalue weighted by molar-refractivity contribution is 6.16. The van der Waals surface area contributed by atoms with Gasteiger partial charge in [-0.1, -0.05) is 53.7 Å². The molecule has 0 atom stereocenters. The smallest absolute Gasteiger partial charge is 0.259 e. The van der Waals surface area contributed by atoms with Crippen molar-refractivity contribution < 1.29 is 14.1 Å². The Morgan fingerprint density at radius 1 is 1.03 bits per heavy atom. The minimum atomic E-state index is -0.353. The molecule has 2 aromatic heterocycles. The van der Waals surface area contributed by atoms with Crippen molar-refractivity contribution >= 4 is 28.6 Å². The van der Waals surface area contributed by atoms with E-state index in [-0.39, 0.29) is 11.8 Å². The zero-order valence-corrected chi connectivity index (χ0v) is 17.9. The summed E-state index contributed by atoms with van der Waals surface area (Å²) >= 11 is 0. The molecule has 0 spiro atoms. The normalized spacial score (nSPS) is 13.0. The fourth-order valence-electron chi connectivity index (χ4n) is 3.77. The van der Waals surface area contributed by atoms with Crippen LogP contribution in [0.15, 0.2) is 77.8 Å². The van der Waals surface area contributed by atoms with Crippen LogP contribution in [0.3, 0.4) is 0 Å². The molecule has 0 aliphatic heterocycles. The molecule has 7 nitrogen and oxygen atoms in total. The van der Waals surface area contributed by atoms with Crippen LogP contribution in [0.2, 0.25) is 0 Å². The van der Waals surface area contributed by atoms with E-state index in [9.17, 15) is 9.59 Å². The minimum absolute atomic E-state index is 0.292. The summed E-state index contributed by atoms with van der Waals surface area (Å²) in [5.74, 6) is -0.323. The molecule has 2 amide bonds. The average molecular weight is 438 g/mol. The van der Waals surface area contributed by atoms with Gasteiger partial charge in [-0.05, 0) is 31.0 Å². The molecule has 1 aliphatic rings. The van der Waals surface area contributed by atoms with Crippen LogP contribution in [-0.2, 0) is 0 Å². The van der Waals surface area contributed by atoms with Crippen LogP contribution >= 0.6 is 0 Å². The first kappa shape index (κ1) is 20.6. The summed E-state index contributed by atoms with van der Waals surface area (Å²) in [6.07, 6.45) is 3.67. The van der Waals surface area contributed by atoms with E-state index < -0.39 is 0 Å². The number of rotatable bonds is 7. The van der Waals surface area contributed by atoms with Crippen LogP contribution < -0.4 is 10.6 Å². The van der Waals surface area contributed by atoms with Crippen LogP contribution in [0.1, 0.15) is 45.2 Å². The third-order valence-corrected chi connectivity index (χ3v) is 5.58. The van der Waals surface area contributed by atoms with Gasteiger partial charge in [-0.3, -0.25) is 9.59 Å². The molecule has 0 unspecified atom stereocenters. The van der Waals surface area contributed by atoms with Gasteiger partial charge < -0.3 is 15.2 Å². The number of fused-ring (bicyclic) bond motifs is 1. The summed E-state index contributed by atoms with van der Waals surface area (Å²) in [5, 5.41) is 10.4. The average Bonchev–Trinajstić information content (AvgIpc) is 3.61. The number of nitrogens with one attached hydrogen (secondary N) is 2. The lowest BCUT2D eigenvalue weighted by Crippen LogP contribution is -2.25. The van der Waals surface area contributed by atoms with Crippen molar-refractivity contribution in [2.24, 2.45) is 0 Å². The molecular weight excluding hydrogens is 416 g/mol. The second-order valence-corrected chi connectivity index (χ2v) is 7.94. The molecule has 5 rings (SSSR count). The van der Waals surface area contributed by atoms with Gasteiger partial charge in [0.1, 0.15) is 5.69 Å². The molecule has 1 saturated carbocycles. The number of benzene rings is 2. The van der Waals surface area contributed by atoms with Crippen LogP contribution in [0.25, 0.3) is 22.4 Å². The van der Waals surface area contributed by atoms with Crippen LogP contribution in [0, 0.1) is 0 Å². The molecule has 0 radical (unpaired) electrons. The predicted octanol–water partition coefficient (Wildman–Crippen LogP) is 4.94. The van der Waals surface area contributed by atoms with Gasteiger partial charge in [0, 0.05) is 23.7 Å². The number of amides is 2. The van der Waals surface area contributed by atoms with E-state index in [1.54, 1.807) is 30.3 Å². The molecule has 1 aliphatic carbocycles. The van der Waals surface area contributed by atoms with Gasteiger partial charge in [0.05, 0.1) is 22.2 Å². The SMILES string of the molecule is C=CCNC(=O)c1ccccc1NC(=O)c1cc(C2CC2)nc2onc(-c3ccccc3)c12. The fraction of sp³-hybridized carbons (Fsp3) is 0.154. The maximum Gasteiger partial charge on any atom is 0.259 e. The first-order valence-electron chi connectivity index (χ1n) is 10.8. The van der Waals surface area contributed by atoms with Crippen molar-refractivity contribution in [1.82, 2.24) is 15.5 Å². The number of hydrogen-bond donors (Lipinski definition) is 2. The lowest BCUT2D eigenvalue weighted by Gasteiger charge is -2.12. The summed E-state index contributed by atoms with van der Waals surface area (Å²) in [7, 11) is 0. The molecular formula is C26H22N4O3. The van der Waals surface area contributed by atoms with E-state index >= 15 is 0 Å². The Kier molecular flexibility index (Phi) is 5.44. The Bertz CT molecular complexity index is 1360. The Balaban J connectivity index is 1.57. The molecule has 2 N–H and O–H groups in total. The summed E-state index contributed by atoms with van der Waals surface area (Å²) in [4.78, 5) is 30.7. The second kappa shape index (κ2) is 8.70. The second-order valence-electron chi connectivity index (χ2n) is 7.94. The molecule has 164 valence electrons. The lowest BCUT2D eigenvalue weighted by atomic mass is 10.0. The van der Waals surface area contributed by atoms with E-state index in [1.807, 2.05) is 36.4 Å². The standard InChI is InChI=1S/C26H22N4O3/c1-2-14-27-24(31)18-10-6-7-11-20(18)28-25(32)19-15-21(16-12-13-16)29-26-22(19)23(30-33-26)17-8-4-3-5-9-17/h2-11,15-16H,1,12-14H2,(H,27,31)(H,28,32). The monoisotopic (exact) mass is 438 g/mol. The number of pyridine rings is 1. The molecule has 33 heavy (non-hydrogen) atoms. The first-order valence-corrected chi connectivity index (χ1v) is 10.8. The molecule has 0 saturated heterocycles. The van der Waals surface area contributed by atoms with Gasteiger partial charge in [-0.25, -0.2) is 4.98 Å². The highest BCUT2D eigenvalue weighted by atomic mass is 16.5. The van der Waals surface area contributed by atoms with Gasteiger partial charge in [-0.15, -0.1) is 6.58 Å². The Labute approximate surface area is 190 Å². The number of anilines is 1. The van der Waals surface area contributed by atoms with Crippen LogP contribution in [0.5, 0.6) is 0 Å². The Morgan fingerprint density at radius 2 is 1.79 bits per heavy atom. The van der Waals surface area contributed by atoms with Crippen LogP contribution in [-0.4, -0.2) is 28.5 Å². The number of nitrogens with zero attached hydrogens (tertiary/aromatic N) is 2. The maximum absolute atomic E-state index is 13.5. The zero-order chi connectivity index (χ0) is 22.8. The molecule has 1 fully saturated rings. The highest BCUT2D eigenvalue weighted by Crippen LogP contribution is 2.41. The number of carbonyl (C=O) groups excluding carboxylic acids is 2. The number of aromatic nitrogens is 2. The largest absolute Gasteiger partial charge is 0.349 e. The molecule has 2 heterocycles. The first-order chi connectivity index (χ1) is 16.2. The number of carbonyl (C=O) groups is 2. The molecule has 2 aromatic carbocycles. The van der Waals surface area contributed by atoms with Gasteiger partial charge in [0.2, 0.25) is 0 Å². The highest BCUT2D eigenvalue weighted by Gasteiger charge is 2.29. The van der Waals surface area contributed by atoms with Crippen molar-refractivity contribution in [3.05, 3.63) is 90.1 Å². The summed E-state index contributed by atoms with van der Waals surface area (Å²) in [6.45, 7) is 3.95. The van der Waals surface area contributed by atoms with E-state index in [2.05, 4.69) is 27.4 Å². The van der Waals surface area contributed by atoms with Crippen molar-refractivity contribution in [3.8, 4) is 11.3 Å². The van der Waals surface area contributed by atoms with Crippen molar-refractivity contribution in [1.29, 1.82) is 0 Å². The number of hydrogen-bond acceptors (Lipinski definition) is 5. The maximum atomic E-state index is 13.5. The fourth-order valence-corrected chi connectivity index (χ4v) is 3.77. The van der Waals surface area contributed by atoms with E-state index in [0.29, 0.717) is 46.1 Å². The van der Waals surface area contributed by atoms with Gasteiger partial charge in [0.25, 0.3) is 17.5 Å². The summed E-state index contributed by atoms with van der Waals surface area (Å²) in [5.41, 5.74) is 3.75. The van der Waals surface area contributed by atoms with Gasteiger partial charge >= 0.3 is 0 Å². The third-order valence-electron chi connectivity index (χ3n) is 5.58.